The standard InChI is InChI=1S/C87H164N4O26/c1-11-17-42-85(10,109)70-60(54-93)52-62(74(101)76(70)103)117-87(16-6,41-13-3)72-64(56-95)115-82(80(107)78(72)105)113-48-35-27-25-33-44-89-66(97)37-29-21-19-23-31-46-91-68(99)39-50-111-58-83(7,8)57-110-49-38-67(98)90-45-30-22-18-20-28-36-65(96)88-43-32-24-26-34-47-112-81-79(106)77(104)71(63(55-94)114-81)86(14-4,15-5)116-61-51-59(53-92)69(75(102)73(61)100)84(9,108)40-12-2/h59-64,69-82,92-95,100-109H,11-58H2,1-10H3,(H,88,96)(H,89,97)(H,90,98)(H,91,99). The minimum atomic E-state index is -1.48. The Morgan fingerprint density at radius 1 is 0.359 bits per heavy atom. The largest absolute Gasteiger partial charge is 0.396 e. The minimum Gasteiger partial charge on any atom is -0.396 e. The fraction of sp³-hybridized carbons (Fsp3) is 0.954. The summed E-state index contributed by atoms with van der Waals surface area (Å²) in [4.78, 5) is 50.0. The van der Waals surface area contributed by atoms with Crippen LogP contribution in [0.4, 0.5) is 0 Å². The molecule has 0 bridgehead atoms. The molecule has 2 heterocycles. The zero-order chi connectivity index (χ0) is 86.8. The second kappa shape index (κ2) is 56.1. The summed E-state index contributed by atoms with van der Waals surface area (Å²) in [5, 5.41) is 168. The number of aliphatic hydroxyl groups excluding tert-OH is 12. The average Bonchev–Trinajstić information content (AvgIpc) is 0.755. The van der Waals surface area contributed by atoms with Gasteiger partial charge >= 0.3 is 0 Å². The minimum absolute atomic E-state index is 0.00896. The quantitative estimate of drug-likeness (QED) is 0.0324. The molecule has 2 aliphatic carbocycles. The summed E-state index contributed by atoms with van der Waals surface area (Å²) in [6, 6.07) is 0. The molecule has 0 aromatic carbocycles. The van der Waals surface area contributed by atoms with Gasteiger partial charge in [-0.25, -0.2) is 0 Å². The Labute approximate surface area is 699 Å². The van der Waals surface area contributed by atoms with Crippen molar-refractivity contribution in [3.05, 3.63) is 0 Å². The summed E-state index contributed by atoms with van der Waals surface area (Å²) in [6.45, 7) is 20.9. The highest BCUT2D eigenvalue weighted by molar-refractivity contribution is 5.77. The fourth-order valence-electron chi connectivity index (χ4n) is 18.6. The van der Waals surface area contributed by atoms with E-state index in [9.17, 15) is 90.7 Å². The van der Waals surface area contributed by atoms with E-state index in [0.29, 0.717) is 123 Å². The van der Waals surface area contributed by atoms with Crippen molar-refractivity contribution < 1.29 is 129 Å². The second-order valence-corrected chi connectivity index (χ2v) is 35.4. The second-order valence-electron chi connectivity index (χ2n) is 35.4. The lowest BCUT2D eigenvalue weighted by molar-refractivity contribution is -0.326. The van der Waals surface area contributed by atoms with Crippen molar-refractivity contribution in [3.8, 4) is 0 Å². The van der Waals surface area contributed by atoms with Crippen molar-refractivity contribution in [1.82, 2.24) is 21.3 Å². The SMILES string of the molecule is CCCCC(C)(O)C1C(CO)CC(OC(CC)(CCC)C2C(CO)OC(OCCCCCCNC(=O)CCCCCCCNC(=O)CCOCC(C)(C)COCCC(=O)NCCCCCCCC(=O)NCCCCCCOC3OC(CO)C(C(CC)(CC)OC4CC(CO)C(C(C)(O)CCC)C(O)C4O)C(O)C3O)C(O)C2O)C(O)C1O. The van der Waals surface area contributed by atoms with Crippen LogP contribution in [0, 0.1) is 40.9 Å². The zero-order valence-electron chi connectivity index (χ0n) is 73.1. The van der Waals surface area contributed by atoms with E-state index >= 15 is 0 Å². The van der Waals surface area contributed by atoms with Crippen molar-refractivity contribution in [2.24, 2.45) is 40.9 Å². The van der Waals surface area contributed by atoms with Crippen LogP contribution in [-0.4, -0.2) is 296 Å². The summed E-state index contributed by atoms with van der Waals surface area (Å²) in [5.74, 6) is -4.80. The van der Waals surface area contributed by atoms with Gasteiger partial charge in [0.15, 0.2) is 12.6 Å². The molecule has 2 aliphatic heterocycles. The monoisotopic (exact) mass is 1680 g/mol. The van der Waals surface area contributed by atoms with Crippen molar-refractivity contribution >= 4 is 23.6 Å². The molecule has 18 N–H and O–H groups in total. The lowest BCUT2D eigenvalue weighted by Gasteiger charge is -2.54. The molecule has 0 radical (unpaired) electrons. The maximum atomic E-state index is 12.5. The van der Waals surface area contributed by atoms with E-state index < -0.39 is 157 Å². The maximum absolute atomic E-state index is 12.5. The molecule has 4 aliphatic rings. The predicted octanol–water partition coefficient (Wildman–Crippen LogP) is 5.71. The van der Waals surface area contributed by atoms with Crippen LogP contribution in [0.2, 0.25) is 0 Å². The molecule has 117 heavy (non-hydrogen) atoms. The van der Waals surface area contributed by atoms with Crippen LogP contribution in [-0.2, 0) is 57.1 Å². The molecule has 0 aromatic heterocycles. The number of nitrogens with one attached hydrogen (secondary N) is 4. The number of amides is 4. The van der Waals surface area contributed by atoms with Gasteiger partial charge in [-0.1, -0.05) is 145 Å². The van der Waals surface area contributed by atoms with E-state index in [1.54, 1.807) is 13.8 Å². The van der Waals surface area contributed by atoms with Gasteiger partial charge in [0.2, 0.25) is 23.6 Å². The lowest BCUT2D eigenvalue weighted by Crippen LogP contribution is -2.66. The Bertz CT molecular complexity index is 2660. The van der Waals surface area contributed by atoms with Crippen LogP contribution in [0.1, 0.15) is 288 Å². The number of carbonyl (C=O) groups is 4. The number of hydrogen-bond acceptors (Lipinski definition) is 26. The molecule has 0 spiro atoms. The molecule has 4 amide bonds. The van der Waals surface area contributed by atoms with Crippen LogP contribution >= 0.6 is 0 Å². The van der Waals surface area contributed by atoms with Crippen LogP contribution in [0.3, 0.4) is 0 Å². The number of rotatable bonds is 64. The maximum Gasteiger partial charge on any atom is 0.222 e. The van der Waals surface area contributed by atoms with Gasteiger partial charge in [0.05, 0.1) is 111 Å². The summed E-state index contributed by atoms with van der Waals surface area (Å²) >= 11 is 0. The summed E-state index contributed by atoms with van der Waals surface area (Å²) < 4.78 is 49.1. The highest BCUT2D eigenvalue weighted by atomic mass is 16.7. The number of aliphatic hydroxyl groups is 14. The Hall–Kier alpha value is -3.00. The molecule has 688 valence electrons. The zero-order valence-corrected chi connectivity index (χ0v) is 73.1. The first-order valence-electron chi connectivity index (χ1n) is 45.3. The third-order valence-electron chi connectivity index (χ3n) is 25.3. The Kier molecular flexibility index (Phi) is 51.0. The summed E-state index contributed by atoms with van der Waals surface area (Å²) in [5.41, 5.74) is -5.43. The molecular formula is C87H164N4O26. The first-order chi connectivity index (χ1) is 55.8. The predicted molar refractivity (Wildman–Crippen MR) is 441 cm³/mol. The highest BCUT2D eigenvalue weighted by Gasteiger charge is 2.60. The van der Waals surface area contributed by atoms with Crippen LogP contribution in [0.5, 0.6) is 0 Å². The lowest BCUT2D eigenvalue weighted by atomic mass is 9.65. The number of unbranched alkanes of at least 4 members (excludes halogenated alkanes) is 15. The Morgan fingerprint density at radius 3 is 1.05 bits per heavy atom. The average molecular weight is 1680 g/mol. The molecule has 0 aromatic rings. The van der Waals surface area contributed by atoms with Gasteiger partial charge in [-0.15, -0.1) is 0 Å². The first-order valence-corrected chi connectivity index (χ1v) is 45.3. The van der Waals surface area contributed by atoms with Gasteiger partial charge in [0.1, 0.15) is 24.4 Å². The van der Waals surface area contributed by atoms with E-state index in [1.807, 2.05) is 55.4 Å². The van der Waals surface area contributed by atoms with Gasteiger partial charge in [-0.2, -0.15) is 0 Å². The van der Waals surface area contributed by atoms with E-state index in [-0.39, 0.29) is 94.4 Å². The molecule has 2 saturated heterocycles. The van der Waals surface area contributed by atoms with Gasteiger partial charge in [0, 0.05) is 107 Å². The smallest absolute Gasteiger partial charge is 0.222 e. The number of carbonyl (C=O) groups excluding carboxylic acids is 4. The number of ether oxygens (including phenoxy) is 8. The van der Waals surface area contributed by atoms with E-state index in [0.717, 1.165) is 109 Å². The molecule has 23 atom stereocenters. The van der Waals surface area contributed by atoms with Crippen molar-refractivity contribution in [1.29, 1.82) is 0 Å². The fourth-order valence-corrected chi connectivity index (χ4v) is 18.6. The van der Waals surface area contributed by atoms with Crippen molar-refractivity contribution in [2.75, 3.05) is 92.2 Å². The topological polar surface area (TPSA) is 473 Å². The van der Waals surface area contributed by atoms with E-state index in [4.69, 9.17) is 37.9 Å². The third kappa shape index (κ3) is 34.5. The van der Waals surface area contributed by atoms with Crippen molar-refractivity contribution in [2.45, 2.75) is 396 Å². The molecule has 23 unspecified atom stereocenters. The Balaban J connectivity index is 0.924. The molecule has 30 nitrogen and oxygen atoms in total. The summed E-state index contributed by atoms with van der Waals surface area (Å²) in [7, 11) is 0. The molecular weight excluding hydrogens is 1520 g/mol. The molecule has 2 saturated carbocycles. The van der Waals surface area contributed by atoms with E-state index in [2.05, 4.69) is 21.3 Å². The molecule has 4 rings (SSSR count). The molecule has 30 heteroatoms. The van der Waals surface area contributed by atoms with Crippen LogP contribution in [0.15, 0.2) is 0 Å². The van der Waals surface area contributed by atoms with Gasteiger partial charge in [-0.3, -0.25) is 19.2 Å². The van der Waals surface area contributed by atoms with Gasteiger partial charge < -0.3 is 131 Å². The van der Waals surface area contributed by atoms with Crippen LogP contribution < -0.4 is 21.3 Å². The first kappa shape index (κ1) is 106. The number of hydrogen-bond donors (Lipinski definition) is 18. The third-order valence-corrected chi connectivity index (χ3v) is 25.3. The summed E-state index contributed by atoms with van der Waals surface area (Å²) in [6.07, 6.45) is 3.46. The van der Waals surface area contributed by atoms with Gasteiger partial charge in [-0.05, 0) is 128 Å². The normalized spacial score (nSPS) is 29.5. The highest BCUT2D eigenvalue weighted by Crippen LogP contribution is 2.49. The van der Waals surface area contributed by atoms with Crippen molar-refractivity contribution in [3.63, 3.8) is 0 Å². The van der Waals surface area contributed by atoms with E-state index in [1.165, 1.54) is 0 Å². The van der Waals surface area contributed by atoms with Crippen LogP contribution in [0.25, 0.3) is 0 Å². The Morgan fingerprint density at radius 2 is 0.692 bits per heavy atom. The van der Waals surface area contributed by atoms with Gasteiger partial charge in [0.25, 0.3) is 0 Å². The molecule has 4 fully saturated rings.